The number of carboxylic acids is 1. The maximum absolute atomic E-state index is 10.6. The van der Waals surface area contributed by atoms with E-state index in [-0.39, 0.29) is 5.69 Å². The third-order valence-electron chi connectivity index (χ3n) is 2.26. The number of carboxylic acid groups (broad SMARTS) is 1. The van der Waals surface area contributed by atoms with E-state index < -0.39 is 5.97 Å². The van der Waals surface area contributed by atoms with E-state index in [1.165, 1.54) is 10.9 Å². The fourth-order valence-electron chi connectivity index (χ4n) is 1.45. The molecule has 2 aromatic heterocycles. The van der Waals surface area contributed by atoms with Gasteiger partial charge in [-0.25, -0.2) is 9.48 Å². The minimum atomic E-state index is -1.09. The number of hydrogen-bond acceptors (Lipinski definition) is 4. The lowest BCUT2D eigenvalue weighted by Crippen LogP contribution is -2.02. The second-order valence-electron chi connectivity index (χ2n) is 3.49. The summed E-state index contributed by atoms with van der Waals surface area (Å²) in [6, 6.07) is 1.86. The molecule has 0 radical (unpaired) electrons. The summed E-state index contributed by atoms with van der Waals surface area (Å²) in [6.07, 6.45) is 3.06. The normalized spacial score (nSPS) is 10.4. The van der Waals surface area contributed by atoms with Gasteiger partial charge in [0.15, 0.2) is 5.69 Å². The Morgan fingerprint density at radius 2 is 2.41 bits per heavy atom. The van der Waals surface area contributed by atoms with Crippen molar-refractivity contribution in [2.75, 3.05) is 0 Å². The lowest BCUT2D eigenvalue weighted by Gasteiger charge is -1.94. The summed E-state index contributed by atoms with van der Waals surface area (Å²) < 4.78 is 3.12. The Hall–Kier alpha value is -2.44. The lowest BCUT2D eigenvalue weighted by molar-refractivity contribution is 0.0690. The van der Waals surface area contributed by atoms with Crippen molar-refractivity contribution in [1.82, 2.24) is 24.8 Å². The first-order valence-electron chi connectivity index (χ1n) is 4.89. The molecule has 17 heavy (non-hydrogen) atoms. The molecule has 0 unspecified atom stereocenters. The fraction of sp³-hybridized carbons (Fsp3) is 0.200. The molecule has 0 aliphatic heterocycles. The van der Waals surface area contributed by atoms with Crippen LogP contribution in [0.4, 0.5) is 0 Å². The summed E-state index contributed by atoms with van der Waals surface area (Å²) in [5, 5.41) is 20.2. The largest absolute Gasteiger partial charge is 0.476 e. The van der Waals surface area contributed by atoms with Gasteiger partial charge in [-0.3, -0.25) is 4.68 Å². The summed E-state index contributed by atoms with van der Waals surface area (Å²) in [6.45, 7) is 4.04. The van der Waals surface area contributed by atoms with Crippen molar-refractivity contribution in [2.45, 2.75) is 6.54 Å². The SMILES string of the molecule is C=Cc1cc(Cn2cc(C(=O)O)nn2)nn1C. The highest BCUT2D eigenvalue weighted by atomic mass is 16.4. The second-order valence-corrected chi connectivity index (χ2v) is 3.49. The van der Waals surface area contributed by atoms with Crippen molar-refractivity contribution in [2.24, 2.45) is 7.05 Å². The van der Waals surface area contributed by atoms with Crippen LogP contribution in [0.15, 0.2) is 18.8 Å². The van der Waals surface area contributed by atoms with Gasteiger partial charge in [-0.15, -0.1) is 5.10 Å². The Bertz CT molecular complexity index is 569. The van der Waals surface area contributed by atoms with Crippen LogP contribution in [0.1, 0.15) is 21.9 Å². The van der Waals surface area contributed by atoms with Crippen LogP contribution in [0.25, 0.3) is 6.08 Å². The van der Waals surface area contributed by atoms with Gasteiger partial charge in [-0.05, 0) is 12.1 Å². The maximum atomic E-state index is 10.6. The Morgan fingerprint density at radius 1 is 1.65 bits per heavy atom. The lowest BCUT2D eigenvalue weighted by atomic mass is 10.3. The summed E-state index contributed by atoms with van der Waals surface area (Å²) >= 11 is 0. The molecule has 7 heteroatoms. The summed E-state index contributed by atoms with van der Waals surface area (Å²) in [4.78, 5) is 10.6. The van der Waals surface area contributed by atoms with Gasteiger partial charge in [0.05, 0.1) is 24.1 Å². The predicted octanol–water partition coefficient (Wildman–Crippen LogP) is 0.401. The van der Waals surface area contributed by atoms with E-state index in [0.29, 0.717) is 6.54 Å². The first-order valence-corrected chi connectivity index (χ1v) is 4.89. The number of rotatable bonds is 4. The molecule has 0 spiro atoms. The summed E-state index contributed by atoms with van der Waals surface area (Å²) in [5.41, 5.74) is 1.58. The van der Waals surface area contributed by atoms with Crippen molar-refractivity contribution >= 4 is 12.0 Å². The Labute approximate surface area is 97.0 Å². The molecule has 0 atom stereocenters. The number of carbonyl (C=O) groups is 1. The first-order chi connectivity index (χ1) is 8.10. The van der Waals surface area contributed by atoms with Crippen LogP contribution in [0, 0.1) is 0 Å². The van der Waals surface area contributed by atoms with Gasteiger partial charge >= 0.3 is 5.97 Å². The van der Waals surface area contributed by atoms with Gasteiger partial charge in [-0.1, -0.05) is 11.8 Å². The van der Waals surface area contributed by atoms with Crippen molar-refractivity contribution in [3.8, 4) is 0 Å². The van der Waals surface area contributed by atoms with E-state index in [2.05, 4.69) is 22.0 Å². The molecule has 0 aromatic carbocycles. The molecule has 2 heterocycles. The van der Waals surface area contributed by atoms with E-state index in [1.807, 2.05) is 13.1 Å². The zero-order valence-electron chi connectivity index (χ0n) is 9.24. The topological polar surface area (TPSA) is 85.8 Å². The van der Waals surface area contributed by atoms with Crippen molar-refractivity contribution in [3.63, 3.8) is 0 Å². The standard InChI is InChI=1S/C10H11N5O2/c1-3-8-4-7(12-14(8)2)5-15-6-9(10(16)17)11-13-15/h3-4,6H,1,5H2,2H3,(H,16,17). The average Bonchev–Trinajstić information content (AvgIpc) is 2.86. The Kier molecular flexibility index (Phi) is 2.73. The highest BCUT2D eigenvalue weighted by Gasteiger charge is 2.09. The molecule has 2 aromatic rings. The van der Waals surface area contributed by atoms with Gasteiger partial charge in [-0.2, -0.15) is 5.10 Å². The summed E-state index contributed by atoms with van der Waals surface area (Å²) in [7, 11) is 1.81. The van der Waals surface area contributed by atoms with Crippen LogP contribution in [0.2, 0.25) is 0 Å². The number of aryl methyl sites for hydroxylation is 1. The van der Waals surface area contributed by atoms with E-state index >= 15 is 0 Å². The average molecular weight is 233 g/mol. The minimum absolute atomic E-state index is 0.0788. The van der Waals surface area contributed by atoms with Crippen LogP contribution < -0.4 is 0 Å². The minimum Gasteiger partial charge on any atom is -0.476 e. The van der Waals surface area contributed by atoms with Gasteiger partial charge < -0.3 is 5.11 Å². The van der Waals surface area contributed by atoms with Crippen molar-refractivity contribution in [3.05, 3.63) is 35.9 Å². The molecule has 0 saturated carbocycles. The molecular weight excluding hydrogens is 222 g/mol. The molecular formula is C10H11N5O2. The molecule has 0 amide bonds. The molecule has 88 valence electrons. The zero-order valence-corrected chi connectivity index (χ0v) is 9.24. The van der Waals surface area contributed by atoms with Gasteiger partial charge in [0.2, 0.25) is 0 Å². The van der Waals surface area contributed by atoms with Crippen LogP contribution in [-0.2, 0) is 13.6 Å². The van der Waals surface area contributed by atoms with Crippen LogP contribution in [0.5, 0.6) is 0 Å². The highest BCUT2D eigenvalue weighted by molar-refractivity contribution is 5.84. The highest BCUT2D eigenvalue weighted by Crippen LogP contribution is 2.06. The Morgan fingerprint density at radius 3 is 2.94 bits per heavy atom. The van der Waals surface area contributed by atoms with Crippen LogP contribution in [0.3, 0.4) is 0 Å². The number of nitrogens with zero attached hydrogens (tertiary/aromatic N) is 5. The monoisotopic (exact) mass is 233 g/mol. The Balaban J connectivity index is 2.19. The number of hydrogen-bond donors (Lipinski definition) is 1. The van der Waals surface area contributed by atoms with E-state index in [0.717, 1.165) is 11.4 Å². The first kappa shape index (κ1) is 11.1. The molecule has 0 fully saturated rings. The third-order valence-corrected chi connectivity index (χ3v) is 2.26. The quantitative estimate of drug-likeness (QED) is 0.826. The molecule has 0 aliphatic rings. The van der Waals surface area contributed by atoms with Crippen molar-refractivity contribution in [1.29, 1.82) is 0 Å². The van der Waals surface area contributed by atoms with Gasteiger partial charge in [0, 0.05) is 7.05 Å². The van der Waals surface area contributed by atoms with Gasteiger partial charge in [0.25, 0.3) is 0 Å². The van der Waals surface area contributed by atoms with Crippen LogP contribution >= 0.6 is 0 Å². The van der Waals surface area contributed by atoms with Gasteiger partial charge in [0.1, 0.15) is 0 Å². The fourth-order valence-corrected chi connectivity index (χ4v) is 1.45. The number of aromatic nitrogens is 5. The van der Waals surface area contributed by atoms with Crippen LogP contribution in [-0.4, -0.2) is 35.9 Å². The molecule has 0 bridgehead atoms. The number of aromatic carboxylic acids is 1. The second kappa shape index (κ2) is 4.20. The molecule has 0 saturated heterocycles. The summed E-state index contributed by atoms with van der Waals surface area (Å²) in [5.74, 6) is -1.09. The maximum Gasteiger partial charge on any atom is 0.358 e. The van der Waals surface area contributed by atoms with E-state index in [9.17, 15) is 4.79 Å². The van der Waals surface area contributed by atoms with E-state index in [1.54, 1.807) is 10.8 Å². The smallest absolute Gasteiger partial charge is 0.358 e. The molecule has 7 nitrogen and oxygen atoms in total. The molecule has 1 N–H and O–H groups in total. The zero-order chi connectivity index (χ0) is 12.4. The van der Waals surface area contributed by atoms with E-state index in [4.69, 9.17) is 5.11 Å². The molecule has 2 rings (SSSR count). The molecule has 0 aliphatic carbocycles. The third kappa shape index (κ3) is 2.22. The van der Waals surface area contributed by atoms with Crippen molar-refractivity contribution < 1.29 is 9.90 Å². The predicted molar refractivity (Wildman–Crippen MR) is 59.4 cm³/mol.